The number of aliphatic imine (C=N–C) groups is 1. The summed E-state index contributed by atoms with van der Waals surface area (Å²) in [6.45, 7) is 5.25. The minimum atomic E-state index is -2.04. The number of hydrogen-bond donors (Lipinski definition) is 3. The van der Waals surface area contributed by atoms with Gasteiger partial charge in [-0.05, 0) is 49.7 Å². The average molecular weight is 553 g/mol. The van der Waals surface area contributed by atoms with E-state index in [0.717, 1.165) is 22.9 Å². The van der Waals surface area contributed by atoms with E-state index in [1.54, 1.807) is 6.92 Å². The molecule has 2 aromatic rings. The predicted molar refractivity (Wildman–Crippen MR) is 139 cm³/mol. The van der Waals surface area contributed by atoms with Crippen molar-refractivity contribution in [2.75, 3.05) is 7.11 Å². The molecule has 3 aliphatic rings. The van der Waals surface area contributed by atoms with Crippen LogP contribution in [-0.4, -0.2) is 47.7 Å². The summed E-state index contributed by atoms with van der Waals surface area (Å²) in [7, 11) is 1.48. The maximum Gasteiger partial charge on any atom is 0.226 e. The van der Waals surface area contributed by atoms with Gasteiger partial charge in [0.1, 0.15) is 17.6 Å². The molecule has 2 aliphatic carbocycles. The van der Waals surface area contributed by atoms with E-state index >= 15 is 0 Å². The zero-order valence-corrected chi connectivity index (χ0v) is 21.7. The van der Waals surface area contributed by atoms with Gasteiger partial charge in [-0.2, -0.15) is 0 Å². The molecule has 2 saturated carbocycles. The summed E-state index contributed by atoms with van der Waals surface area (Å²) in [5, 5.41) is 27.7. The number of ether oxygens (including phenoxy) is 2. The van der Waals surface area contributed by atoms with E-state index in [4.69, 9.17) is 9.47 Å². The van der Waals surface area contributed by atoms with Crippen LogP contribution in [0, 0.1) is 5.92 Å². The molecule has 2 aromatic carbocycles. The van der Waals surface area contributed by atoms with Gasteiger partial charge in [-0.1, -0.05) is 58.4 Å². The SMILES string of the molecule is C=N/C=C1/O[C@@]2(c3ccc(Br)cc3)[C@H](c3ccccc3)[C@@H](C(=O)NC3CC3)[C@@H](O)[C@@]2(O)/C1=C(/C)OC. The molecule has 1 saturated heterocycles. The molecule has 0 aromatic heterocycles. The van der Waals surface area contributed by atoms with Crippen molar-refractivity contribution in [1.29, 1.82) is 0 Å². The van der Waals surface area contributed by atoms with E-state index in [9.17, 15) is 15.0 Å². The zero-order valence-electron chi connectivity index (χ0n) is 20.1. The van der Waals surface area contributed by atoms with Gasteiger partial charge >= 0.3 is 0 Å². The Kier molecular flexibility index (Phi) is 6.31. The summed E-state index contributed by atoms with van der Waals surface area (Å²) in [6.07, 6.45) is 1.69. The Morgan fingerprint density at radius 1 is 1.22 bits per heavy atom. The number of rotatable bonds is 6. The van der Waals surface area contributed by atoms with Crippen molar-refractivity contribution < 1.29 is 24.5 Å². The third-order valence-electron chi connectivity index (χ3n) is 7.56. The molecule has 0 unspecified atom stereocenters. The van der Waals surface area contributed by atoms with Crippen molar-refractivity contribution in [3.8, 4) is 0 Å². The van der Waals surface area contributed by atoms with Crippen LogP contribution in [0.25, 0.3) is 0 Å². The number of halogens is 1. The number of fused-ring (bicyclic) bond motifs is 1. The van der Waals surface area contributed by atoms with Gasteiger partial charge in [0.2, 0.25) is 5.91 Å². The van der Waals surface area contributed by atoms with Crippen LogP contribution in [0.1, 0.15) is 36.8 Å². The second-order valence-corrected chi connectivity index (χ2v) is 10.5. The molecule has 36 heavy (non-hydrogen) atoms. The summed E-state index contributed by atoms with van der Waals surface area (Å²) in [6, 6.07) is 16.9. The van der Waals surface area contributed by atoms with Crippen LogP contribution in [0.2, 0.25) is 0 Å². The minimum absolute atomic E-state index is 0.0805. The summed E-state index contributed by atoms with van der Waals surface area (Å²) >= 11 is 3.48. The van der Waals surface area contributed by atoms with Gasteiger partial charge in [0, 0.05) is 16.4 Å². The molecule has 7 nitrogen and oxygen atoms in total. The zero-order chi connectivity index (χ0) is 25.7. The number of nitrogens with zero attached hydrogens (tertiary/aromatic N) is 1. The van der Waals surface area contributed by atoms with Gasteiger partial charge in [-0.15, -0.1) is 0 Å². The normalized spacial score (nSPS) is 33.6. The van der Waals surface area contributed by atoms with Crippen LogP contribution >= 0.6 is 15.9 Å². The monoisotopic (exact) mass is 552 g/mol. The molecule has 5 rings (SSSR count). The van der Waals surface area contributed by atoms with Crippen LogP contribution in [0.4, 0.5) is 0 Å². The highest BCUT2D eigenvalue weighted by molar-refractivity contribution is 9.10. The lowest BCUT2D eigenvalue weighted by atomic mass is 9.70. The number of carbonyl (C=O) groups is 1. The standard InChI is InChI=1S/C28H29BrN2O5/c1-16(35-3)23-21(15-30-2)36-28(18-9-11-19(29)12-10-18)24(17-7-5-4-6-8-17)22(25(32)27(23,28)34)26(33)31-20-13-14-20/h4-12,15,20,22,24-25,32,34H,2,13-14H2,1,3H3,(H,31,33)/b21-15+,23-16-/t22-,24-,25-,27+,28+/m1/s1. The number of allylic oxidation sites excluding steroid dienone is 1. The van der Waals surface area contributed by atoms with Crippen LogP contribution in [-0.2, 0) is 19.9 Å². The van der Waals surface area contributed by atoms with Gasteiger partial charge in [-0.3, -0.25) is 9.79 Å². The Bertz CT molecular complexity index is 1240. The Hall–Kier alpha value is -2.94. The minimum Gasteiger partial charge on any atom is -0.501 e. The Morgan fingerprint density at radius 2 is 1.89 bits per heavy atom. The first-order valence-corrected chi connectivity index (χ1v) is 12.7. The number of aliphatic hydroxyl groups is 2. The van der Waals surface area contributed by atoms with E-state index in [-0.39, 0.29) is 23.3 Å². The molecule has 0 radical (unpaired) electrons. The summed E-state index contributed by atoms with van der Waals surface area (Å²) in [4.78, 5) is 17.6. The van der Waals surface area contributed by atoms with E-state index in [0.29, 0.717) is 11.3 Å². The van der Waals surface area contributed by atoms with Crippen LogP contribution in [0.3, 0.4) is 0 Å². The smallest absolute Gasteiger partial charge is 0.226 e. The maximum absolute atomic E-state index is 13.7. The quantitative estimate of drug-likeness (QED) is 0.372. The van der Waals surface area contributed by atoms with E-state index in [1.807, 2.05) is 54.6 Å². The Morgan fingerprint density at radius 3 is 2.47 bits per heavy atom. The van der Waals surface area contributed by atoms with Crippen LogP contribution < -0.4 is 5.32 Å². The molecular weight excluding hydrogens is 524 g/mol. The highest BCUT2D eigenvalue weighted by atomic mass is 79.9. The first-order valence-electron chi connectivity index (χ1n) is 11.9. The van der Waals surface area contributed by atoms with Gasteiger partial charge in [0.15, 0.2) is 11.2 Å². The van der Waals surface area contributed by atoms with Crippen LogP contribution in [0.15, 0.2) is 87.4 Å². The number of aliphatic hydroxyl groups excluding tert-OH is 1. The first-order chi connectivity index (χ1) is 17.3. The van der Waals surface area contributed by atoms with Crippen molar-refractivity contribution in [1.82, 2.24) is 5.32 Å². The van der Waals surface area contributed by atoms with Gasteiger partial charge < -0.3 is 25.0 Å². The molecule has 188 valence electrons. The molecule has 3 fully saturated rings. The lowest BCUT2D eigenvalue weighted by Crippen LogP contribution is -2.53. The first kappa shape index (κ1) is 24.7. The Balaban J connectivity index is 1.85. The second-order valence-electron chi connectivity index (χ2n) is 9.56. The highest BCUT2D eigenvalue weighted by Gasteiger charge is 2.79. The van der Waals surface area contributed by atoms with E-state index < -0.39 is 29.1 Å². The maximum atomic E-state index is 13.7. The predicted octanol–water partition coefficient (Wildman–Crippen LogP) is 3.92. The van der Waals surface area contributed by atoms with Gasteiger partial charge in [-0.25, -0.2) is 0 Å². The summed E-state index contributed by atoms with van der Waals surface area (Å²) in [5.74, 6) is -1.48. The van der Waals surface area contributed by atoms with E-state index in [2.05, 4.69) is 33.0 Å². The molecule has 1 aliphatic heterocycles. The van der Waals surface area contributed by atoms with Crippen molar-refractivity contribution >= 4 is 28.6 Å². The number of nitrogens with one attached hydrogen (secondary N) is 1. The fraction of sp³-hybridized carbons (Fsp3) is 0.357. The molecular formula is C28H29BrN2O5. The fourth-order valence-electron chi connectivity index (χ4n) is 5.83. The molecule has 0 bridgehead atoms. The van der Waals surface area contributed by atoms with E-state index in [1.165, 1.54) is 13.3 Å². The second kappa shape index (κ2) is 9.18. The molecule has 1 heterocycles. The Labute approximate surface area is 218 Å². The number of benzene rings is 2. The van der Waals surface area contributed by atoms with Gasteiger partial charge in [0.25, 0.3) is 0 Å². The number of hydrogen-bond acceptors (Lipinski definition) is 6. The fourth-order valence-corrected chi connectivity index (χ4v) is 6.10. The number of methoxy groups -OCH3 is 1. The molecule has 1 amide bonds. The van der Waals surface area contributed by atoms with Crippen molar-refractivity contribution in [3.63, 3.8) is 0 Å². The van der Waals surface area contributed by atoms with Crippen molar-refractivity contribution in [2.24, 2.45) is 10.9 Å². The lowest BCUT2D eigenvalue weighted by Gasteiger charge is -2.40. The molecule has 8 heteroatoms. The summed E-state index contributed by atoms with van der Waals surface area (Å²) < 4.78 is 13.1. The third-order valence-corrected chi connectivity index (χ3v) is 8.08. The molecule has 5 atom stereocenters. The summed E-state index contributed by atoms with van der Waals surface area (Å²) in [5.41, 5.74) is -1.99. The van der Waals surface area contributed by atoms with Crippen LogP contribution in [0.5, 0.6) is 0 Å². The number of carbonyl (C=O) groups excluding carboxylic acids is 1. The highest BCUT2D eigenvalue weighted by Crippen LogP contribution is 2.68. The number of amides is 1. The largest absolute Gasteiger partial charge is 0.501 e. The topological polar surface area (TPSA) is 100 Å². The lowest BCUT2D eigenvalue weighted by molar-refractivity contribution is -0.136. The van der Waals surface area contributed by atoms with Crippen molar-refractivity contribution in [3.05, 3.63) is 93.5 Å². The average Bonchev–Trinajstić information content (AvgIpc) is 3.62. The molecule has 3 N–H and O–H groups in total. The van der Waals surface area contributed by atoms with Crippen molar-refractivity contribution in [2.45, 2.75) is 49.0 Å². The third kappa shape index (κ3) is 3.54. The molecule has 0 spiro atoms. The van der Waals surface area contributed by atoms with Gasteiger partial charge in [0.05, 0.1) is 24.8 Å².